The number of allylic oxidation sites excluding steroid dienone is 2. The molecule has 0 aromatic heterocycles. The van der Waals surface area contributed by atoms with E-state index in [2.05, 4.69) is 22.0 Å². The lowest BCUT2D eigenvalue weighted by Crippen LogP contribution is -2.20. The minimum absolute atomic E-state index is 0.204. The summed E-state index contributed by atoms with van der Waals surface area (Å²) >= 11 is 7.37. The van der Waals surface area contributed by atoms with E-state index in [1.165, 1.54) is 25.7 Å². The summed E-state index contributed by atoms with van der Waals surface area (Å²) < 4.78 is 18.8. The van der Waals surface area contributed by atoms with Crippen LogP contribution in [0.4, 0.5) is 4.39 Å². The smallest absolute Gasteiger partial charge is 0.337 e. The fourth-order valence-corrected chi connectivity index (χ4v) is 6.40. The van der Waals surface area contributed by atoms with Crippen LogP contribution in [0.5, 0.6) is 0 Å². The predicted octanol–water partition coefficient (Wildman–Crippen LogP) is 6.63. The van der Waals surface area contributed by atoms with E-state index in [1.54, 1.807) is 12.1 Å². The van der Waals surface area contributed by atoms with Crippen LogP contribution in [0.2, 0.25) is 0 Å². The van der Waals surface area contributed by atoms with Crippen LogP contribution >= 0.6 is 39.5 Å². The Hall–Kier alpha value is -1.50. The first-order valence-corrected chi connectivity index (χ1v) is 11.6. The van der Waals surface area contributed by atoms with Crippen LogP contribution in [0.15, 0.2) is 66.8 Å². The van der Waals surface area contributed by atoms with Gasteiger partial charge in [-0.1, -0.05) is 52.3 Å². The van der Waals surface area contributed by atoms with Crippen molar-refractivity contribution >= 4 is 49.9 Å². The molecule has 2 aromatic rings. The molecule has 28 heavy (non-hydrogen) atoms. The Kier molecular flexibility index (Phi) is 7.43. The fraction of sp³-hybridized carbons (Fsp3) is 0.227. The van der Waals surface area contributed by atoms with E-state index in [0.717, 1.165) is 27.1 Å². The summed E-state index contributed by atoms with van der Waals surface area (Å²) in [6.07, 6.45) is 7.39. The summed E-state index contributed by atoms with van der Waals surface area (Å²) in [7, 11) is 1.37. The van der Waals surface area contributed by atoms with Gasteiger partial charge < -0.3 is 4.74 Å². The molecule has 0 spiro atoms. The van der Waals surface area contributed by atoms with Crippen molar-refractivity contribution < 1.29 is 13.9 Å². The van der Waals surface area contributed by atoms with Crippen molar-refractivity contribution in [2.45, 2.75) is 10.5 Å². The van der Waals surface area contributed by atoms with Crippen LogP contribution in [0.3, 0.4) is 0 Å². The summed E-state index contributed by atoms with van der Waals surface area (Å²) in [5, 5.41) is 0. The molecule has 0 aliphatic carbocycles. The van der Waals surface area contributed by atoms with E-state index in [-0.39, 0.29) is 15.9 Å². The molecule has 0 saturated carbocycles. The average molecular weight is 479 g/mol. The molecule has 0 bridgehead atoms. The number of carbonyl (C=O) groups is 1. The summed E-state index contributed by atoms with van der Waals surface area (Å²) in [5.74, 6) is 1.59. The van der Waals surface area contributed by atoms with E-state index in [0.29, 0.717) is 5.56 Å². The monoisotopic (exact) mass is 478 g/mol. The number of hydrogen-bond donors (Lipinski definition) is 0. The van der Waals surface area contributed by atoms with Gasteiger partial charge in [-0.3, -0.25) is 0 Å². The molecule has 6 heteroatoms. The lowest BCUT2D eigenvalue weighted by atomic mass is 10.1. The molecule has 0 N–H and O–H groups in total. The third kappa shape index (κ3) is 5.10. The highest BCUT2D eigenvalue weighted by Crippen LogP contribution is 2.51. The standard InChI is InChI=1S/C22H20BrFO2S2/c1-26-21(25)17-7-5-16(6-8-17)20(23)4-2-13-22(27-14-3-15-28-22)18-9-11-19(24)12-10-18/h2,4-13H,3,14-15H2,1H3/b13-2+,20-4-. The Labute approximate surface area is 181 Å². The van der Waals surface area contributed by atoms with Crippen LogP contribution in [0.1, 0.15) is 27.9 Å². The van der Waals surface area contributed by atoms with Gasteiger partial charge in [0.1, 0.15) is 9.90 Å². The first kappa shape index (κ1) is 21.2. The second-order valence-electron chi connectivity index (χ2n) is 6.17. The number of methoxy groups -OCH3 is 1. The van der Waals surface area contributed by atoms with Gasteiger partial charge >= 0.3 is 5.97 Å². The molecule has 1 saturated heterocycles. The minimum Gasteiger partial charge on any atom is -0.465 e. The number of ether oxygens (including phenoxy) is 1. The zero-order valence-electron chi connectivity index (χ0n) is 15.4. The summed E-state index contributed by atoms with van der Waals surface area (Å²) in [6, 6.07) is 14.0. The van der Waals surface area contributed by atoms with Gasteiger partial charge in [-0.05, 0) is 59.4 Å². The Balaban J connectivity index is 1.80. The number of thioether (sulfide) groups is 2. The summed E-state index contributed by atoms with van der Waals surface area (Å²) in [5.41, 5.74) is 2.59. The molecule has 0 amide bonds. The zero-order valence-corrected chi connectivity index (χ0v) is 18.6. The molecule has 3 rings (SSSR count). The summed E-state index contributed by atoms with van der Waals surface area (Å²) in [4.78, 5) is 11.5. The Morgan fingerprint density at radius 2 is 1.68 bits per heavy atom. The molecule has 1 aliphatic rings. The van der Waals surface area contributed by atoms with Gasteiger partial charge in [0.05, 0.1) is 12.7 Å². The molecule has 1 heterocycles. The predicted molar refractivity (Wildman–Crippen MR) is 121 cm³/mol. The van der Waals surface area contributed by atoms with Crippen molar-refractivity contribution in [3.8, 4) is 0 Å². The molecular formula is C22H20BrFO2S2. The maximum absolute atomic E-state index is 13.3. The summed E-state index contributed by atoms with van der Waals surface area (Å²) in [6.45, 7) is 0. The minimum atomic E-state index is -0.348. The molecule has 1 fully saturated rings. The number of benzene rings is 2. The molecular weight excluding hydrogens is 459 g/mol. The van der Waals surface area contributed by atoms with E-state index < -0.39 is 0 Å². The maximum atomic E-state index is 13.3. The van der Waals surface area contributed by atoms with Gasteiger partial charge in [0, 0.05) is 4.48 Å². The van der Waals surface area contributed by atoms with Gasteiger partial charge in [-0.25, -0.2) is 9.18 Å². The topological polar surface area (TPSA) is 26.3 Å². The SMILES string of the molecule is COC(=O)c1ccc(/C(Br)=C/C=C/C2(c3ccc(F)cc3)SCCCS2)cc1. The van der Waals surface area contributed by atoms with Crippen molar-refractivity contribution in [3.05, 3.63) is 89.3 Å². The molecule has 1 aliphatic heterocycles. The van der Waals surface area contributed by atoms with Gasteiger partial charge in [0.15, 0.2) is 0 Å². The van der Waals surface area contributed by atoms with Crippen molar-refractivity contribution in [2.24, 2.45) is 0 Å². The first-order valence-electron chi connectivity index (χ1n) is 8.82. The zero-order chi connectivity index (χ0) is 20.0. The molecule has 0 unspecified atom stereocenters. The molecule has 0 radical (unpaired) electrons. The first-order chi connectivity index (χ1) is 13.5. The lowest BCUT2D eigenvalue weighted by Gasteiger charge is -2.33. The Bertz CT molecular complexity index is 870. The van der Waals surface area contributed by atoms with E-state index >= 15 is 0 Å². The Morgan fingerprint density at radius 1 is 1.07 bits per heavy atom. The average Bonchev–Trinajstić information content (AvgIpc) is 2.74. The molecule has 2 nitrogen and oxygen atoms in total. The van der Waals surface area contributed by atoms with E-state index in [1.807, 2.05) is 59.9 Å². The molecule has 0 atom stereocenters. The second kappa shape index (κ2) is 9.81. The second-order valence-corrected chi connectivity index (χ2v) is 9.96. The lowest BCUT2D eigenvalue weighted by molar-refractivity contribution is 0.0600. The third-order valence-electron chi connectivity index (χ3n) is 4.31. The third-order valence-corrected chi connectivity index (χ3v) is 8.32. The van der Waals surface area contributed by atoms with Gasteiger partial charge in [0.2, 0.25) is 0 Å². The highest BCUT2D eigenvalue weighted by Gasteiger charge is 2.32. The largest absolute Gasteiger partial charge is 0.465 e. The van der Waals surface area contributed by atoms with Crippen LogP contribution in [0, 0.1) is 5.82 Å². The van der Waals surface area contributed by atoms with E-state index in [4.69, 9.17) is 4.74 Å². The van der Waals surface area contributed by atoms with E-state index in [9.17, 15) is 9.18 Å². The van der Waals surface area contributed by atoms with Crippen LogP contribution < -0.4 is 0 Å². The van der Waals surface area contributed by atoms with Crippen molar-refractivity contribution in [2.75, 3.05) is 18.6 Å². The highest BCUT2D eigenvalue weighted by molar-refractivity contribution is 9.15. The number of carbonyl (C=O) groups excluding carboxylic acids is 1. The van der Waals surface area contributed by atoms with Gasteiger partial charge in [-0.15, -0.1) is 23.5 Å². The van der Waals surface area contributed by atoms with Crippen LogP contribution in [-0.4, -0.2) is 24.6 Å². The van der Waals surface area contributed by atoms with Crippen molar-refractivity contribution in [1.82, 2.24) is 0 Å². The quantitative estimate of drug-likeness (QED) is 0.355. The fourth-order valence-electron chi connectivity index (χ4n) is 2.83. The number of hydrogen-bond acceptors (Lipinski definition) is 4. The molecule has 2 aromatic carbocycles. The van der Waals surface area contributed by atoms with Crippen molar-refractivity contribution in [3.63, 3.8) is 0 Å². The maximum Gasteiger partial charge on any atom is 0.337 e. The van der Waals surface area contributed by atoms with Gasteiger partial charge in [-0.2, -0.15) is 0 Å². The molecule has 146 valence electrons. The number of halogens is 2. The van der Waals surface area contributed by atoms with Crippen LogP contribution in [0.25, 0.3) is 4.48 Å². The van der Waals surface area contributed by atoms with Crippen molar-refractivity contribution in [1.29, 1.82) is 0 Å². The number of rotatable bonds is 5. The Morgan fingerprint density at radius 3 is 2.29 bits per heavy atom. The van der Waals surface area contributed by atoms with Gasteiger partial charge in [0.25, 0.3) is 0 Å². The highest BCUT2D eigenvalue weighted by atomic mass is 79.9. The van der Waals surface area contributed by atoms with Crippen LogP contribution in [-0.2, 0) is 8.82 Å². The normalized spacial score (nSPS) is 16.9. The number of esters is 1.